The average Bonchev–Trinajstić information content (AvgIpc) is 3.37. The minimum absolute atomic E-state index is 0.494. The summed E-state index contributed by atoms with van der Waals surface area (Å²) >= 11 is 0. The van der Waals surface area contributed by atoms with Gasteiger partial charge in [0.2, 0.25) is 11.8 Å². The smallest absolute Gasteiger partial charge is 0.328 e. The number of nitrogens with one attached hydrogen (secondary N) is 3. The number of carbonyl (C=O) groups excluding carboxylic acids is 2. The van der Waals surface area contributed by atoms with Gasteiger partial charge in [0.1, 0.15) is 0 Å². The number of carboxylic acid groups (broad SMARTS) is 2. The van der Waals surface area contributed by atoms with Crippen LogP contribution >= 0.6 is 0 Å². The Kier molecular flexibility index (Phi) is 7.57. The highest BCUT2D eigenvalue weighted by Gasteiger charge is 2.32. The molecule has 1 heterocycles. The molecule has 10 heteroatoms. The van der Waals surface area contributed by atoms with Gasteiger partial charge in [-0.3, -0.25) is 9.59 Å². The second-order valence-electron chi connectivity index (χ2n) is 7.57. The van der Waals surface area contributed by atoms with Gasteiger partial charge in [0, 0.05) is 47.6 Å². The molecule has 2 aromatic carbocycles. The first kappa shape index (κ1) is 24.6. The SMILES string of the molecule is CC(c1ccc(NC(=O)/C=C/C(=O)O)cc1)(c1ccc(NC(=O)/C=C/C(=O)O)cc1)c1cnc[nH]1. The molecular formula is C25H22N4O6. The summed E-state index contributed by atoms with van der Waals surface area (Å²) in [5.74, 6) is -3.55. The van der Waals surface area contributed by atoms with Gasteiger partial charge in [0.25, 0.3) is 0 Å². The van der Waals surface area contributed by atoms with Gasteiger partial charge >= 0.3 is 11.9 Å². The molecule has 35 heavy (non-hydrogen) atoms. The number of aliphatic carboxylic acids is 2. The first-order valence-electron chi connectivity index (χ1n) is 10.3. The maximum Gasteiger partial charge on any atom is 0.328 e. The Morgan fingerprint density at radius 3 is 1.54 bits per heavy atom. The maximum atomic E-state index is 11.9. The van der Waals surface area contributed by atoms with Crippen LogP contribution in [0.5, 0.6) is 0 Å². The van der Waals surface area contributed by atoms with Gasteiger partial charge in [-0.05, 0) is 42.3 Å². The second kappa shape index (κ2) is 10.8. The van der Waals surface area contributed by atoms with Gasteiger partial charge < -0.3 is 25.8 Å². The fourth-order valence-electron chi connectivity index (χ4n) is 3.44. The van der Waals surface area contributed by atoms with Crippen molar-refractivity contribution in [3.8, 4) is 0 Å². The summed E-state index contributed by atoms with van der Waals surface area (Å²) in [5, 5.41) is 22.5. The van der Waals surface area contributed by atoms with E-state index in [9.17, 15) is 19.2 Å². The molecule has 3 rings (SSSR count). The van der Waals surface area contributed by atoms with Crippen LogP contribution in [0, 0.1) is 0 Å². The first-order valence-corrected chi connectivity index (χ1v) is 10.3. The van der Waals surface area contributed by atoms with Crippen LogP contribution in [0.2, 0.25) is 0 Å². The van der Waals surface area contributed by atoms with E-state index in [4.69, 9.17) is 10.2 Å². The minimum Gasteiger partial charge on any atom is -0.478 e. The molecule has 0 saturated heterocycles. The highest BCUT2D eigenvalue weighted by molar-refractivity contribution is 6.03. The fourth-order valence-corrected chi connectivity index (χ4v) is 3.44. The molecule has 0 aliphatic rings. The molecule has 0 aliphatic carbocycles. The van der Waals surface area contributed by atoms with Crippen LogP contribution in [0.3, 0.4) is 0 Å². The van der Waals surface area contributed by atoms with Crippen LogP contribution in [0.15, 0.2) is 85.4 Å². The lowest BCUT2D eigenvalue weighted by Crippen LogP contribution is -2.26. The first-order chi connectivity index (χ1) is 16.7. The van der Waals surface area contributed by atoms with E-state index in [-0.39, 0.29) is 0 Å². The number of aromatic nitrogens is 2. The minimum atomic E-state index is -1.21. The normalized spacial score (nSPS) is 11.5. The van der Waals surface area contributed by atoms with Gasteiger partial charge in [-0.1, -0.05) is 24.3 Å². The lowest BCUT2D eigenvalue weighted by atomic mass is 9.74. The van der Waals surface area contributed by atoms with Crippen molar-refractivity contribution in [3.63, 3.8) is 0 Å². The summed E-state index contributed by atoms with van der Waals surface area (Å²) in [6.45, 7) is 1.99. The zero-order chi connectivity index (χ0) is 25.4. The molecule has 10 nitrogen and oxygen atoms in total. The predicted octanol–water partition coefficient (Wildman–Crippen LogP) is 2.92. The van der Waals surface area contributed by atoms with Crippen LogP contribution in [0.25, 0.3) is 0 Å². The standard InChI is InChI=1S/C25H22N4O6/c1-25(20-14-26-15-27-20,16-2-6-18(7-3-16)28-21(30)10-12-23(32)33)17-4-8-19(9-5-17)29-22(31)11-13-24(34)35/h2-15H,1H3,(H,26,27)(H,28,30)(H,29,31)(H,32,33)(H,34,35)/b12-10+,13-11+. The number of hydrogen-bond donors (Lipinski definition) is 5. The van der Waals surface area contributed by atoms with E-state index in [2.05, 4.69) is 20.6 Å². The number of carbonyl (C=O) groups is 4. The van der Waals surface area contributed by atoms with E-state index in [0.717, 1.165) is 41.1 Å². The van der Waals surface area contributed by atoms with Crippen molar-refractivity contribution in [1.29, 1.82) is 0 Å². The summed E-state index contributed by atoms with van der Waals surface area (Å²) in [6, 6.07) is 14.2. The Hall–Kier alpha value is -4.99. The number of aromatic amines is 1. The van der Waals surface area contributed by atoms with Gasteiger partial charge in [-0.2, -0.15) is 0 Å². The Labute approximate surface area is 200 Å². The number of carboxylic acids is 2. The number of imidazole rings is 1. The third kappa shape index (κ3) is 6.29. The second-order valence-corrected chi connectivity index (χ2v) is 7.57. The average molecular weight is 474 g/mol. The van der Waals surface area contributed by atoms with Crippen LogP contribution in [-0.4, -0.2) is 43.9 Å². The number of H-pyrrole nitrogens is 1. The highest BCUT2D eigenvalue weighted by Crippen LogP contribution is 2.38. The summed E-state index contributed by atoms with van der Waals surface area (Å²) in [4.78, 5) is 52.1. The van der Waals surface area contributed by atoms with Crippen molar-refractivity contribution in [2.24, 2.45) is 0 Å². The van der Waals surface area contributed by atoms with Crippen molar-refractivity contribution < 1.29 is 29.4 Å². The molecule has 0 fully saturated rings. The monoisotopic (exact) mass is 474 g/mol. The molecule has 178 valence electrons. The van der Waals surface area contributed by atoms with E-state index in [1.807, 2.05) is 31.2 Å². The number of hydrogen-bond acceptors (Lipinski definition) is 5. The number of nitrogens with zero attached hydrogens (tertiary/aromatic N) is 1. The van der Waals surface area contributed by atoms with Gasteiger partial charge in [0.15, 0.2) is 0 Å². The Bertz CT molecular complexity index is 1200. The summed E-state index contributed by atoms with van der Waals surface area (Å²) in [6.07, 6.45) is 6.66. The molecule has 5 N–H and O–H groups in total. The Balaban J connectivity index is 1.86. The maximum absolute atomic E-state index is 11.9. The fraction of sp³-hybridized carbons (Fsp3) is 0.0800. The summed E-state index contributed by atoms with van der Waals surface area (Å²) in [5.41, 5.74) is 2.87. The van der Waals surface area contributed by atoms with Gasteiger partial charge in [0.05, 0.1) is 11.7 Å². The molecule has 1 aromatic heterocycles. The highest BCUT2D eigenvalue weighted by atomic mass is 16.4. The largest absolute Gasteiger partial charge is 0.478 e. The van der Waals surface area contributed by atoms with E-state index in [0.29, 0.717) is 11.4 Å². The zero-order valence-corrected chi connectivity index (χ0v) is 18.6. The van der Waals surface area contributed by atoms with Gasteiger partial charge in [-0.25, -0.2) is 14.6 Å². The molecule has 3 aromatic rings. The molecule has 0 saturated carbocycles. The molecule has 0 spiro atoms. The van der Waals surface area contributed by atoms with Crippen molar-refractivity contribution >= 4 is 35.1 Å². The molecule has 0 bridgehead atoms. The van der Waals surface area contributed by atoms with Crippen LogP contribution in [0.4, 0.5) is 11.4 Å². The Morgan fingerprint density at radius 1 is 0.771 bits per heavy atom. The molecule has 0 atom stereocenters. The van der Waals surface area contributed by atoms with Crippen LogP contribution in [0.1, 0.15) is 23.7 Å². The summed E-state index contributed by atoms with van der Waals surface area (Å²) < 4.78 is 0. The van der Waals surface area contributed by atoms with Crippen molar-refractivity contribution in [2.45, 2.75) is 12.3 Å². The third-order valence-electron chi connectivity index (χ3n) is 5.25. The van der Waals surface area contributed by atoms with Crippen molar-refractivity contribution in [1.82, 2.24) is 9.97 Å². The van der Waals surface area contributed by atoms with E-state index >= 15 is 0 Å². The topological polar surface area (TPSA) is 161 Å². The summed E-state index contributed by atoms with van der Waals surface area (Å²) in [7, 11) is 0. The van der Waals surface area contributed by atoms with E-state index in [1.165, 1.54) is 0 Å². The zero-order valence-electron chi connectivity index (χ0n) is 18.6. The van der Waals surface area contributed by atoms with Crippen molar-refractivity contribution in [3.05, 3.63) is 102 Å². The molecule has 0 aliphatic heterocycles. The third-order valence-corrected chi connectivity index (χ3v) is 5.25. The molecule has 0 radical (unpaired) electrons. The predicted molar refractivity (Wildman–Crippen MR) is 128 cm³/mol. The van der Waals surface area contributed by atoms with Crippen LogP contribution < -0.4 is 10.6 Å². The number of anilines is 2. The quantitative estimate of drug-likeness (QED) is 0.298. The van der Waals surface area contributed by atoms with Gasteiger partial charge in [-0.15, -0.1) is 0 Å². The van der Waals surface area contributed by atoms with Crippen molar-refractivity contribution in [2.75, 3.05) is 10.6 Å². The number of benzene rings is 2. The Morgan fingerprint density at radius 2 is 1.20 bits per heavy atom. The number of amides is 2. The van der Waals surface area contributed by atoms with Crippen LogP contribution in [-0.2, 0) is 24.6 Å². The van der Waals surface area contributed by atoms with E-state index < -0.39 is 29.2 Å². The molecular weight excluding hydrogens is 452 g/mol. The lowest BCUT2D eigenvalue weighted by Gasteiger charge is -2.30. The molecule has 2 amide bonds. The molecule has 0 unspecified atom stereocenters. The number of rotatable bonds is 9. The van der Waals surface area contributed by atoms with E-state index in [1.54, 1.807) is 36.8 Å². The lowest BCUT2D eigenvalue weighted by molar-refractivity contribution is -0.132.